The molecule has 1 aliphatic carbocycles. The molecule has 1 saturated carbocycles. The van der Waals surface area contributed by atoms with E-state index in [9.17, 15) is 9.59 Å². The standard InChI is InChI=1S/C17H17N3O3S/c1-10-12(18-15(21)11-7-8-11)4-2-5-13(10)19-17(24)20-16(22)14-6-3-9-23-14/h2-6,9,11H,7-8H2,1H3,(H,18,21)(H2,19,20,22,24). The van der Waals surface area contributed by atoms with E-state index in [-0.39, 0.29) is 22.7 Å². The molecule has 0 spiro atoms. The normalized spacial score (nSPS) is 13.2. The third-order valence-corrected chi connectivity index (χ3v) is 3.96. The number of amides is 2. The van der Waals surface area contributed by atoms with Gasteiger partial charge in [0.1, 0.15) is 0 Å². The third-order valence-electron chi connectivity index (χ3n) is 3.76. The quantitative estimate of drug-likeness (QED) is 0.743. The first-order valence-corrected chi connectivity index (χ1v) is 8.01. The maximum atomic E-state index is 11.9. The molecule has 2 amide bonds. The number of anilines is 2. The number of benzene rings is 1. The van der Waals surface area contributed by atoms with Crippen molar-refractivity contribution in [3.8, 4) is 0 Å². The predicted molar refractivity (Wildman–Crippen MR) is 94.9 cm³/mol. The Bertz CT molecular complexity index is 782. The van der Waals surface area contributed by atoms with Gasteiger partial charge in [-0.3, -0.25) is 14.9 Å². The van der Waals surface area contributed by atoms with Gasteiger partial charge >= 0.3 is 0 Å². The Kier molecular flexibility index (Phi) is 4.61. The van der Waals surface area contributed by atoms with Crippen LogP contribution in [0.25, 0.3) is 0 Å². The molecule has 24 heavy (non-hydrogen) atoms. The highest BCUT2D eigenvalue weighted by Gasteiger charge is 2.29. The maximum Gasteiger partial charge on any atom is 0.293 e. The van der Waals surface area contributed by atoms with E-state index in [0.717, 1.165) is 24.1 Å². The van der Waals surface area contributed by atoms with Crippen molar-refractivity contribution in [2.75, 3.05) is 10.6 Å². The molecule has 0 radical (unpaired) electrons. The molecule has 0 unspecified atom stereocenters. The van der Waals surface area contributed by atoms with E-state index in [1.54, 1.807) is 12.1 Å². The summed E-state index contributed by atoms with van der Waals surface area (Å²) in [5.74, 6) is -0.0618. The van der Waals surface area contributed by atoms with Crippen molar-refractivity contribution in [2.24, 2.45) is 5.92 Å². The van der Waals surface area contributed by atoms with E-state index >= 15 is 0 Å². The summed E-state index contributed by atoms with van der Waals surface area (Å²) >= 11 is 5.16. The molecule has 3 rings (SSSR count). The second-order valence-electron chi connectivity index (χ2n) is 5.63. The number of carbonyl (C=O) groups excluding carboxylic acids is 2. The Hall–Kier alpha value is -2.67. The number of furan rings is 1. The monoisotopic (exact) mass is 343 g/mol. The summed E-state index contributed by atoms with van der Waals surface area (Å²) in [4.78, 5) is 23.8. The second-order valence-corrected chi connectivity index (χ2v) is 6.04. The highest BCUT2D eigenvalue weighted by Crippen LogP contribution is 2.31. The van der Waals surface area contributed by atoms with Crippen LogP contribution in [-0.2, 0) is 4.79 Å². The van der Waals surface area contributed by atoms with Gasteiger partial charge in [0.15, 0.2) is 10.9 Å². The van der Waals surface area contributed by atoms with Crippen molar-refractivity contribution < 1.29 is 14.0 Å². The molecule has 1 aliphatic rings. The van der Waals surface area contributed by atoms with Crippen LogP contribution in [0, 0.1) is 12.8 Å². The van der Waals surface area contributed by atoms with Crippen LogP contribution in [-0.4, -0.2) is 16.9 Å². The smallest absolute Gasteiger partial charge is 0.293 e. The SMILES string of the molecule is Cc1c(NC(=O)C2CC2)cccc1NC(=S)NC(=O)c1ccco1. The van der Waals surface area contributed by atoms with Gasteiger partial charge in [-0.15, -0.1) is 0 Å². The average Bonchev–Trinajstić information content (AvgIpc) is 3.25. The first-order valence-electron chi connectivity index (χ1n) is 7.61. The van der Waals surface area contributed by atoms with Crippen molar-refractivity contribution in [2.45, 2.75) is 19.8 Å². The summed E-state index contributed by atoms with van der Waals surface area (Å²) in [5, 5.41) is 8.60. The number of hydrogen-bond acceptors (Lipinski definition) is 4. The molecule has 7 heteroatoms. The van der Waals surface area contributed by atoms with Crippen LogP contribution in [0.2, 0.25) is 0 Å². The predicted octanol–water partition coefficient (Wildman–Crippen LogP) is 3.06. The zero-order valence-electron chi connectivity index (χ0n) is 13.1. The van der Waals surface area contributed by atoms with Crippen molar-refractivity contribution in [3.05, 3.63) is 47.9 Å². The van der Waals surface area contributed by atoms with Crippen molar-refractivity contribution in [1.82, 2.24) is 5.32 Å². The molecular formula is C17H17N3O3S. The molecule has 1 aromatic heterocycles. The Labute approximate surface area is 144 Å². The molecule has 1 fully saturated rings. The van der Waals surface area contributed by atoms with Crippen molar-refractivity contribution in [3.63, 3.8) is 0 Å². The van der Waals surface area contributed by atoms with Gasteiger partial charge in [-0.05, 0) is 61.8 Å². The highest BCUT2D eigenvalue weighted by molar-refractivity contribution is 7.80. The van der Waals surface area contributed by atoms with E-state index in [2.05, 4.69) is 16.0 Å². The van der Waals surface area contributed by atoms with Crippen LogP contribution in [0.5, 0.6) is 0 Å². The van der Waals surface area contributed by atoms with Gasteiger partial charge in [0.05, 0.1) is 6.26 Å². The zero-order chi connectivity index (χ0) is 17.1. The van der Waals surface area contributed by atoms with Gasteiger partial charge in [-0.1, -0.05) is 6.07 Å². The highest BCUT2D eigenvalue weighted by atomic mass is 32.1. The molecule has 3 N–H and O–H groups in total. The molecule has 0 aliphatic heterocycles. The third kappa shape index (κ3) is 3.80. The summed E-state index contributed by atoms with van der Waals surface area (Å²) < 4.78 is 5.01. The zero-order valence-corrected chi connectivity index (χ0v) is 13.9. The molecule has 1 aromatic carbocycles. The van der Waals surface area contributed by atoms with Crippen LogP contribution in [0.1, 0.15) is 29.0 Å². The van der Waals surface area contributed by atoms with Gasteiger partial charge in [0.2, 0.25) is 5.91 Å². The average molecular weight is 343 g/mol. The van der Waals surface area contributed by atoms with Crippen LogP contribution >= 0.6 is 12.2 Å². The van der Waals surface area contributed by atoms with Gasteiger partial charge in [-0.25, -0.2) is 0 Å². The van der Waals surface area contributed by atoms with Crippen LogP contribution < -0.4 is 16.0 Å². The fourth-order valence-corrected chi connectivity index (χ4v) is 2.42. The molecule has 124 valence electrons. The first-order chi connectivity index (χ1) is 11.5. The van der Waals surface area contributed by atoms with E-state index < -0.39 is 5.91 Å². The van der Waals surface area contributed by atoms with Gasteiger partial charge in [0, 0.05) is 17.3 Å². The minimum Gasteiger partial charge on any atom is -0.459 e. The summed E-state index contributed by atoms with van der Waals surface area (Å²) in [6.45, 7) is 1.88. The number of nitrogens with one attached hydrogen (secondary N) is 3. The van der Waals surface area contributed by atoms with Crippen molar-refractivity contribution in [1.29, 1.82) is 0 Å². The van der Waals surface area contributed by atoms with Gasteiger partial charge in [0.25, 0.3) is 5.91 Å². The number of thiocarbonyl (C=S) groups is 1. The number of rotatable bonds is 4. The number of carbonyl (C=O) groups is 2. The summed E-state index contributed by atoms with van der Waals surface area (Å²) in [7, 11) is 0. The minimum absolute atomic E-state index is 0.0453. The molecule has 2 aromatic rings. The molecular weight excluding hydrogens is 326 g/mol. The summed E-state index contributed by atoms with van der Waals surface area (Å²) in [6, 6.07) is 8.66. The molecule has 0 atom stereocenters. The summed E-state index contributed by atoms with van der Waals surface area (Å²) in [6.07, 6.45) is 3.32. The Balaban J connectivity index is 1.64. The molecule has 0 bridgehead atoms. The molecule has 0 saturated heterocycles. The van der Waals surface area contributed by atoms with E-state index in [1.165, 1.54) is 6.26 Å². The lowest BCUT2D eigenvalue weighted by atomic mass is 10.1. The number of hydrogen-bond donors (Lipinski definition) is 3. The lowest BCUT2D eigenvalue weighted by molar-refractivity contribution is -0.117. The molecule has 6 nitrogen and oxygen atoms in total. The second kappa shape index (κ2) is 6.84. The topological polar surface area (TPSA) is 83.4 Å². The van der Waals surface area contributed by atoms with Crippen LogP contribution in [0.15, 0.2) is 41.0 Å². The van der Waals surface area contributed by atoms with Gasteiger partial charge < -0.3 is 15.1 Å². The van der Waals surface area contributed by atoms with E-state index in [1.807, 2.05) is 25.1 Å². The molecule has 1 heterocycles. The van der Waals surface area contributed by atoms with E-state index in [4.69, 9.17) is 16.6 Å². The van der Waals surface area contributed by atoms with E-state index in [0.29, 0.717) is 5.69 Å². The van der Waals surface area contributed by atoms with Gasteiger partial charge in [-0.2, -0.15) is 0 Å². The van der Waals surface area contributed by atoms with Crippen LogP contribution in [0.4, 0.5) is 11.4 Å². The Morgan fingerprint density at radius 2 is 1.83 bits per heavy atom. The fraction of sp³-hybridized carbons (Fsp3) is 0.235. The maximum absolute atomic E-state index is 11.9. The summed E-state index contributed by atoms with van der Waals surface area (Å²) in [5.41, 5.74) is 2.30. The Morgan fingerprint density at radius 3 is 2.46 bits per heavy atom. The lowest BCUT2D eigenvalue weighted by Crippen LogP contribution is -2.34. The Morgan fingerprint density at radius 1 is 1.12 bits per heavy atom. The fourth-order valence-electron chi connectivity index (χ4n) is 2.21. The van der Waals surface area contributed by atoms with Crippen LogP contribution in [0.3, 0.4) is 0 Å². The lowest BCUT2D eigenvalue weighted by Gasteiger charge is -2.14. The minimum atomic E-state index is -0.423. The first kappa shape index (κ1) is 16.2. The largest absolute Gasteiger partial charge is 0.459 e. The van der Waals surface area contributed by atoms with Crippen molar-refractivity contribution >= 4 is 40.5 Å².